The van der Waals surface area contributed by atoms with Crippen molar-refractivity contribution in [3.63, 3.8) is 0 Å². The maximum Gasteiger partial charge on any atom is 0.224 e. The molecular formula is C17H20ClN3O2. The Kier molecular flexibility index (Phi) is 5.31. The Morgan fingerprint density at radius 2 is 2.35 bits per heavy atom. The molecule has 0 spiro atoms. The zero-order chi connectivity index (χ0) is 16.1. The van der Waals surface area contributed by atoms with E-state index < -0.39 is 0 Å². The van der Waals surface area contributed by atoms with E-state index in [4.69, 9.17) is 16.0 Å². The number of likely N-dealkylation sites (tertiary alicyclic amines) is 1. The number of rotatable bonds is 5. The van der Waals surface area contributed by atoms with E-state index in [1.165, 1.54) is 0 Å². The molecule has 0 radical (unpaired) electrons. The summed E-state index contributed by atoms with van der Waals surface area (Å²) in [5, 5.41) is 3.45. The highest BCUT2D eigenvalue weighted by Crippen LogP contribution is 2.19. The molecule has 6 heteroatoms. The molecule has 1 aliphatic heterocycles. The highest BCUT2D eigenvalue weighted by molar-refractivity contribution is 6.29. The van der Waals surface area contributed by atoms with Crippen molar-refractivity contribution in [1.82, 2.24) is 15.2 Å². The molecule has 1 amide bonds. The predicted octanol–water partition coefficient (Wildman–Crippen LogP) is 2.86. The van der Waals surface area contributed by atoms with Gasteiger partial charge in [0.2, 0.25) is 5.91 Å². The lowest BCUT2D eigenvalue weighted by atomic mass is 9.97. The van der Waals surface area contributed by atoms with Gasteiger partial charge in [0.05, 0.1) is 18.7 Å². The lowest BCUT2D eigenvalue weighted by Gasteiger charge is -2.31. The van der Waals surface area contributed by atoms with Crippen LogP contribution in [0.5, 0.6) is 0 Å². The maximum absolute atomic E-state index is 12.4. The van der Waals surface area contributed by atoms with Gasteiger partial charge in [0.15, 0.2) is 0 Å². The average molecular weight is 334 g/mol. The van der Waals surface area contributed by atoms with Gasteiger partial charge >= 0.3 is 0 Å². The van der Waals surface area contributed by atoms with Gasteiger partial charge in [-0.2, -0.15) is 0 Å². The number of hydrogen-bond donors (Lipinski definition) is 1. The first kappa shape index (κ1) is 16.0. The Labute approximate surface area is 140 Å². The van der Waals surface area contributed by atoms with Crippen LogP contribution in [0.3, 0.4) is 0 Å². The van der Waals surface area contributed by atoms with E-state index in [1.54, 1.807) is 18.5 Å². The third kappa shape index (κ3) is 4.56. The maximum atomic E-state index is 12.4. The van der Waals surface area contributed by atoms with Crippen molar-refractivity contribution in [3.05, 3.63) is 53.2 Å². The van der Waals surface area contributed by atoms with Crippen molar-refractivity contribution < 1.29 is 9.21 Å². The van der Waals surface area contributed by atoms with Crippen molar-refractivity contribution in [2.75, 3.05) is 13.1 Å². The number of carbonyl (C=O) groups is 1. The molecule has 0 saturated carbocycles. The number of amides is 1. The molecule has 0 aliphatic carbocycles. The van der Waals surface area contributed by atoms with Gasteiger partial charge in [0, 0.05) is 19.3 Å². The van der Waals surface area contributed by atoms with Crippen LogP contribution in [-0.4, -0.2) is 28.9 Å². The van der Waals surface area contributed by atoms with Gasteiger partial charge in [-0.3, -0.25) is 9.69 Å². The third-order valence-electron chi connectivity index (χ3n) is 4.09. The van der Waals surface area contributed by atoms with E-state index in [2.05, 4.69) is 15.2 Å². The average Bonchev–Trinajstić information content (AvgIpc) is 3.07. The summed E-state index contributed by atoms with van der Waals surface area (Å²) in [5.74, 6) is 1.07. The Hall–Kier alpha value is -1.85. The Balaban J connectivity index is 1.49. The minimum absolute atomic E-state index is 0.0268. The van der Waals surface area contributed by atoms with Crippen LogP contribution in [0.2, 0.25) is 5.15 Å². The van der Waals surface area contributed by atoms with Crippen LogP contribution < -0.4 is 5.32 Å². The largest absolute Gasteiger partial charge is 0.468 e. The lowest BCUT2D eigenvalue weighted by Crippen LogP contribution is -2.42. The van der Waals surface area contributed by atoms with E-state index in [1.807, 2.05) is 18.2 Å². The molecule has 0 aromatic carbocycles. The van der Waals surface area contributed by atoms with Gasteiger partial charge in [0.1, 0.15) is 10.9 Å². The van der Waals surface area contributed by atoms with Crippen molar-refractivity contribution in [1.29, 1.82) is 0 Å². The van der Waals surface area contributed by atoms with E-state index >= 15 is 0 Å². The smallest absolute Gasteiger partial charge is 0.224 e. The zero-order valence-corrected chi connectivity index (χ0v) is 13.6. The van der Waals surface area contributed by atoms with Crippen molar-refractivity contribution in [3.8, 4) is 0 Å². The molecule has 2 aromatic heterocycles. The molecule has 1 fully saturated rings. The summed E-state index contributed by atoms with van der Waals surface area (Å²) in [6.07, 6.45) is 5.33. The fourth-order valence-electron chi connectivity index (χ4n) is 2.88. The molecule has 1 aliphatic rings. The number of aromatic nitrogens is 1. The molecule has 1 atom stereocenters. The molecule has 0 unspecified atom stereocenters. The molecule has 3 rings (SSSR count). The fraction of sp³-hybridized carbons (Fsp3) is 0.412. The molecule has 23 heavy (non-hydrogen) atoms. The van der Waals surface area contributed by atoms with E-state index in [0.29, 0.717) is 11.7 Å². The van der Waals surface area contributed by atoms with Crippen molar-refractivity contribution in [2.45, 2.75) is 25.9 Å². The molecule has 2 aromatic rings. The molecule has 122 valence electrons. The summed E-state index contributed by atoms with van der Waals surface area (Å²) in [4.78, 5) is 18.7. The number of furan rings is 1. The zero-order valence-electron chi connectivity index (χ0n) is 12.9. The Morgan fingerprint density at radius 1 is 1.43 bits per heavy atom. The molecule has 0 bridgehead atoms. The van der Waals surface area contributed by atoms with Gasteiger partial charge in [-0.15, -0.1) is 0 Å². The van der Waals surface area contributed by atoms with Crippen molar-refractivity contribution in [2.24, 2.45) is 5.92 Å². The summed E-state index contributed by atoms with van der Waals surface area (Å²) in [6, 6.07) is 7.47. The third-order valence-corrected chi connectivity index (χ3v) is 4.31. The van der Waals surface area contributed by atoms with Gasteiger partial charge in [-0.25, -0.2) is 4.98 Å². The number of nitrogens with zero attached hydrogens (tertiary/aromatic N) is 2. The number of carbonyl (C=O) groups excluding carboxylic acids is 1. The van der Waals surface area contributed by atoms with Crippen LogP contribution in [0.25, 0.3) is 0 Å². The molecule has 1 saturated heterocycles. The SMILES string of the molecule is O=C(NCc1ccc(Cl)nc1)[C@@H]1CCCN(Cc2ccco2)C1. The quantitative estimate of drug-likeness (QED) is 0.855. The van der Waals surface area contributed by atoms with Crippen LogP contribution in [0.4, 0.5) is 0 Å². The molecule has 5 nitrogen and oxygen atoms in total. The second-order valence-corrected chi connectivity index (χ2v) is 6.25. The van der Waals surface area contributed by atoms with Crippen molar-refractivity contribution >= 4 is 17.5 Å². The van der Waals surface area contributed by atoms with Gasteiger partial charge in [0.25, 0.3) is 0 Å². The summed E-state index contributed by atoms with van der Waals surface area (Å²) >= 11 is 5.76. The van der Waals surface area contributed by atoms with E-state index in [-0.39, 0.29) is 11.8 Å². The first-order valence-electron chi connectivity index (χ1n) is 7.83. The fourth-order valence-corrected chi connectivity index (χ4v) is 2.99. The van der Waals surface area contributed by atoms with Gasteiger partial charge < -0.3 is 9.73 Å². The minimum atomic E-state index is 0.0268. The molecular weight excluding hydrogens is 314 g/mol. The number of halogens is 1. The Bertz CT molecular complexity index is 628. The van der Waals surface area contributed by atoms with Crippen LogP contribution in [0.15, 0.2) is 41.1 Å². The summed E-state index contributed by atoms with van der Waals surface area (Å²) in [6.45, 7) is 3.02. The normalized spacial score (nSPS) is 18.7. The molecule has 1 N–H and O–H groups in total. The number of piperidine rings is 1. The van der Waals surface area contributed by atoms with Crippen LogP contribution >= 0.6 is 11.6 Å². The number of nitrogens with one attached hydrogen (secondary N) is 1. The topological polar surface area (TPSA) is 58.4 Å². The number of pyridine rings is 1. The van der Waals surface area contributed by atoms with E-state index in [9.17, 15) is 4.79 Å². The van der Waals surface area contributed by atoms with Crippen LogP contribution in [0, 0.1) is 5.92 Å². The minimum Gasteiger partial charge on any atom is -0.468 e. The van der Waals surface area contributed by atoms with Crippen LogP contribution in [-0.2, 0) is 17.9 Å². The second-order valence-electron chi connectivity index (χ2n) is 5.86. The lowest BCUT2D eigenvalue weighted by molar-refractivity contribution is -0.127. The first-order valence-corrected chi connectivity index (χ1v) is 8.21. The van der Waals surface area contributed by atoms with E-state index in [0.717, 1.165) is 43.8 Å². The summed E-state index contributed by atoms with van der Waals surface area (Å²) < 4.78 is 5.39. The van der Waals surface area contributed by atoms with Crippen LogP contribution in [0.1, 0.15) is 24.2 Å². The summed E-state index contributed by atoms with van der Waals surface area (Å²) in [7, 11) is 0. The van der Waals surface area contributed by atoms with Gasteiger partial charge in [-0.05, 0) is 43.1 Å². The number of hydrogen-bond acceptors (Lipinski definition) is 4. The monoisotopic (exact) mass is 333 g/mol. The highest BCUT2D eigenvalue weighted by atomic mass is 35.5. The standard InChI is InChI=1S/C17H20ClN3O2/c18-16-6-5-13(9-19-16)10-20-17(22)14-3-1-7-21(11-14)12-15-4-2-8-23-15/h2,4-6,8-9,14H,1,3,7,10-12H2,(H,20,22)/t14-/m1/s1. The predicted molar refractivity (Wildman–Crippen MR) is 87.8 cm³/mol. The highest BCUT2D eigenvalue weighted by Gasteiger charge is 2.25. The summed E-state index contributed by atoms with van der Waals surface area (Å²) in [5.41, 5.74) is 0.950. The van der Waals surface area contributed by atoms with Gasteiger partial charge in [-0.1, -0.05) is 17.7 Å². The Morgan fingerprint density at radius 3 is 3.09 bits per heavy atom. The second kappa shape index (κ2) is 7.62. The molecule has 3 heterocycles. The first-order chi connectivity index (χ1) is 11.2.